The standard InChI is InChI=1S/C15H22NO4/c1-9-5-11-6-15(3,4)7-12(11)10(2)14(9)13(17)8-20-16(18)19/h5,13,17-18H,6-8H2,1-4H3/q-1/t13-/m1/s1. The SMILES string of the molecule is Cc1cc2c(c(C)c1[C@H](O)CON([O-])O)CC(C)(C)C2. The summed E-state index contributed by atoms with van der Waals surface area (Å²) in [4.78, 5) is 4.41. The molecular formula is C15H22NO4-. The van der Waals surface area contributed by atoms with Crippen molar-refractivity contribution < 1.29 is 15.2 Å². The fraction of sp³-hybridized carbons (Fsp3) is 0.600. The summed E-state index contributed by atoms with van der Waals surface area (Å²) in [6.07, 6.45) is 1.11. The molecule has 0 radical (unpaired) electrons. The molecule has 0 heterocycles. The van der Waals surface area contributed by atoms with Gasteiger partial charge in [-0.15, -0.1) is 5.39 Å². The van der Waals surface area contributed by atoms with Crippen molar-refractivity contribution in [3.8, 4) is 0 Å². The molecule has 0 saturated carbocycles. The van der Waals surface area contributed by atoms with Gasteiger partial charge in [0.15, 0.2) is 0 Å². The van der Waals surface area contributed by atoms with E-state index < -0.39 is 11.5 Å². The number of rotatable bonds is 4. The lowest BCUT2D eigenvalue weighted by Gasteiger charge is -2.23. The fourth-order valence-corrected chi connectivity index (χ4v) is 3.32. The van der Waals surface area contributed by atoms with Gasteiger partial charge in [0.05, 0.1) is 0 Å². The number of fused-ring (bicyclic) bond motifs is 1. The third kappa shape index (κ3) is 3.02. The lowest BCUT2D eigenvalue weighted by Crippen LogP contribution is -2.18. The Balaban J connectivity index is 2.32. The Morgan fingerprint density at radius 2 is 2.05 bits per heavy atom. The van der Waals surface area contributed by atoms with Gasteiger partial charge in [-0.05, 0) is 59.9 Å². The number of aryl methyl sites for hydroxylation is 1. The molecule has 0 amide bonds. The molecule has 0 saturated heterocycles. The second kappa shape index (κ2) is 5.42. The highest BCUT2D eigenvalue weighted by molar-refractivity contribution is 5.49. The van der Waals surface area contributed by atoms with Crippen LogP contribution >= 0.6 is 0 Å². The van der Waals surface area contributed by atoms with E-state index in [4.69, 9.17) is 5.21 Å². The number of aliphatic hydroxyl groups excluding tert-OH is 1. The third-order valence-electron chi connectivity index (χ3n) is 4.06. The molecule has 2 N–H and O–H groups in total. The van der Waals surface area contributed by atoms with Crippen molar-refractivity contribution in [2.24, 2.45) is 5.41 Å². The smallest absolute Gasteiger partial charge is 0.105 e. The zero-order chi connectivity index (χ0) is 15.1. The quantitative estimate of drug-likeness (QED) is 0.829. The molecule has 20 heavy (non-hydrogen) atoms. The van der Waals surface area contributed by atoms with E-state index in [0.29, 0.717) is 0 Å². The summed E-state index contributed by atoms with van der Waals surface area (Å²) >= 11 is 0. The van der Waals surface area contributed by atoms with E-state index in [1.54, 1.807) is 0 Å². The summed E-state index contributed by atoms with van der Waals surface area (Å²) in [6.45, 7) is 8.17. The van der Waals surface area contributed by atoms with Crippen molar-refractivity contribution in [3.63, 3.8) is 0 Å². The topological polar surface area (TPSA) is 76.0 Å². The maximum atomic E-state index is 10.4. The minimum Gasteiger partial charge on any atom is -0.738 e. The van der Waals surface area contributed by atoms with Crippen LogP contribution < -0.4 is 0 Å². The Bertz CT molecular complexity index is 511. The van der Waals surface area contributed by atoms with E-state index in [2.05, 4.69) is 24.8 Å². The van der Waals surface area contributed by atoms with Crippen molar-refractivity contribution in [1.29, 1.82) is 0 Å². The third-order valence-corrected chi connectivity index (χ3v) is 4.06. The van der Waals surface area contributed by atoms with Crippen LogP contribution in [0.25, 0.3) is 0 Å². The summed E-state index contributed by atoms with van der Waals surface area (Å²) in [5, 5.41) is 28.4. The van der Waals surface area contributed by atoms with Gasteiger partial charge in [-0.1, -0.05) is 19.9 Å². The van der Waals surface area contributed by atoms with E-state index in [-0.39, 0.29) is 12.0 Å². The monoisotopic (exact) mass is 280 g/mol. The Hall–Kier alpha value is -0.980. The first-order valence-electron chi connectivity index (χ1n) is 6.80. The number of hydrogen-bond donors (Lipinski definition) is 2. The maximum absolute atomic E-state index is 10.4. The average molecular weight is 280 g/mol. The molecule has 112 valence electrons. The van der Waals surface area contributed by atoms with Gasteiger partial charge >= 0.3 is 0 Å². The average Bonchev–Trinajstić information content (AvgIpc) is 2.61. The Morgan fingerprint density at radius 3 is 2.65 bits per heavy atom. The molecule has 1 aromatic carbocycles. The Morgan fingerprint density at radius 1 is 1.40 bits per heavy atom. The van der Waals surface area contributed by atoms with Crippen molar-refractivity contribution in [2.75, 3.05) is 6.61 Å². The fourth-order valence-electron chi connectivity index (χ4n) is 3.32. The predicted molar refractivity (Wildman–Crippen MR) is 75.0 cm³/mol. The first-order chi connectivity index (χ1) is 9.21. The van der Waals surface area contributed by atoms with Crippen molar-refractivity contribution in [3.05, 3.63) is 39.1 Å². The van der Waals surface area contributed by atoms with Gasteiger partial charge in [0.1, 0.15) is 12.7 Å². The molecule has 5 heteroatoms. The first kappa shape index (κ1) is 15.4. The van der Waals surface area contributed by atoms with Gasteiger partial charge in [-0.2, -0.15) is 0 Å². The number of benzene rings is 1. The van der Waals surface area contributed by atoms with Crippen LogP contribution in [0.4, 0.5) is 0 Å². The van der Waals surface area contributed by atoms with E-state index >= 15 is 0 Å². The normalized spacial score (nSPS) is 18.4. The Kier molecular flexibility index (Phi) is 4.18. The molecule has 1 aromatic rings. The highest BCUT2D eigenvalue weighted by Gasteiger charge is 2.31. The van der Waals surface area contributed by atoms with E-state index in [1.807, 2.05) is 13.8 Å². The number of hydrogen-bond acceptors (Lipinski definition) is 5. The minimum atomic E-state index is -0.924. The summed E-state index contributed by atoms with van der Waals surface area (Å²) in [5.74, 6) is 0. The summed E-state index contributed by atoms with van der Waals surface area (Å²) in [7, 11) is 0. The summed E-state index contributed by atoms with van der Waals surface area (Å²) in [5.41, 5.74) is 5.73. The molecule has 0 unspecified atom stereocenters. The van der Waals surface area contributed by atoms with Crippen LogP contribution in [0.15, 0.2) is 6.07 Å². The zero-order valence-electron chi connectivity index (χ0n) is 12.4. The minimum absolute atomic E-state index is 0.247. The molecular weight excluding hydrogens is 258 g/mol. The number of nitrogens with zero attached hydrogens (tertiary/aromatic N) is 1. The lowest BCUT2D eigenvalue weighted by atomic mass is 9.89. The molecule has 0 aliphatic heterocycles. The van der Waals surface area contributed by atoms with Gasteiger partial charge in [-0.3, -0.25) is 4.84 Å². The predicted octanol–water partition coefficient (Wildman–Crippen LogP) is 2.58. The van der Waals surface area contributed by atoms with Gasteiger partial charge in [0.25, 0.3) is 0 Å². The molecule has 5 nitrogen and oxygen atoms in total. The molecule has 2 rings (SSSR count). The van der Waals surface area contributed by atoms with E-state index in [1.165, 1.54) is 11.1 Å². The molecule has 0 bridgehead atoms. The van der Waals surface area contributed by atoms with Crippen molar-refractivity contribution in [2.45, 2.75) is 46.6 Å². The molecule has 0 fully saturated rings. The lowest BCUT2D eigenvalue weighted by molar-refractivity contribution is -0.313. The van der Waals surface area contributed by atoms with Crippen LogP contribution in [0.1, 0.15) is 47.8 Å². The van der Waals surface area contributed by atoms with Crippen LogP contribution in [0.2, 0.25) is 0 Å². The summed E-state index contributed by atoms with van der Waals surface area (Å²) in [6, 6.07) is 2.11. The molecule has 1 atom stereocenters. The second-order valence-electron chi connectivity index (χ2n) is 6.44. The van der Waals surface area contributed by atoms with E-state index in [0.717, 1.165) is 29.5 Å². The molecule has 1 aliphatic rings. The largest absolute Gasteiger partial charge is 0.738 e. The number of aliphatic hydroxyl groups is 1. The molecule has 0 spiro atoms. The highest BCUT2D eigenvalue weighted by atomic mass is 17.1. The highest BCUT2D eigenvalue weighted by Crippen LogP contribution is 2.40. The molecule has 1 aliphatic carbocycles. The van der Waals surface area contributed by atoms with Crippen LogP contribution in [0.5, 0.6) is 0 Å². The zero-order valence-corrected chi connectivity index (χ0v) is 12.4. The van der Waals surface area contributed by atoms with Gasteiger partial charge in [0.2, 0.25) is 0 Å². The summed E-state index contributed by atoms with van der Waals surface area (Å²) < 4.78 is 0. The first-order valence-corrected chi connectivity index (χ1v) is 6.80. The van der Waals surface area contributed by atoms with Gasteiger partial charge < -0.3 is 15.5 Å². The molecule has 0 aromatic heterocycles. The van der Waals surface area contributed by atoms with Crippen LogP contribution in [-0.4, -0.2) is 22.3 Å². The van der Waals surface area contributed by atoms with Crippen molar-refractivity contribution >= 4 is 0 Å². The van der Waals surface area contributed by atoms with Crippen molar-refractivity contribution in [1.82, 2.24) is 5.39 Å². The Labute approximate surface area is 119 Å². The van der Waals surface area contributed by atoms with E-state index in [9.17, 15) is 10.3 Å². The second-order valence-corrected chi connectivity index (χ2v) is 6.44. The van der Waals surface area contributed by atoms with Gasteiger partial charge in [-0.25, -0.2) is 0 Å². The van der Waals surface area contributed by atoms with Gasteiger partial charge in [0, 0.05) is 0 Å². The maximum Gasteiger partial charge on any atom is 0.105 e. The van der Waals surface area contributed by atoms with Crippen LogP contribution in [-0.2, 0) is 17.7 Å². The van der Waals surface area contributed by atoms with Crippen LogP contribution in [0, 0.1) is 24.5 Å². The van der Waals surface area contributed by atoms with Crippen LogP contribution in [0.3, 0.4) is 0 Å².